The first-order valence-corrected chi connectivity index (χ1v) is 8.60. The van der Waals surface area contributed by atoms with Crippen molar-refractivity contribution in [2.45, 2.75) is 12.8 Å². The number of amides is 1. The molecule has 0 bridgehead atoms. The Bertz CT molecular complexity index is 593. The van der Waals surface area contributed by atoms with Crippen LogP contribution in [0.3, 0.4) is 0 Å². The normalized spacial score (nSPS) is 18.7. The Morgan fingerprint density at radius 1 is 1.32 bits per heavy atom. The number of nitrogens with zero attached hydrogens (tertiary/aromatic N) is 1. The molecule has 0 radical (unpaired) electrons. The summed E-state index contributed by atoms with van der Waals surface area (Å²) >= 11 is 5.78. The number of piperidine rings is 1. The first-order chi connectivity index (χ1) is 9.36. The minimum Gasteiger partial charge on any atom is -0.358 e. The van der Waals surface area contributed by atoms with Gasteiger partial charge in [0.25, 0.3) is 0 Å². The molecule has 1 N–H and O–H groups in total. The third-order valence-electron chi connectivity index (χ3n) is 3.34. The van der Waals surface area contributed by atoms with Crippen LogP contribution >= 0.6 is 11.6 Å². The van der Waals surface area contributed by atoms with Crippen LogP contribution in [0.15, 0.2) is 24.3 Å². The average molecular weight is 570 g/mol. The first kappa shape index (κ1) is 21.9. The molecular weight excluding hydrogens is 550 g/mol. The van der Waals surface area contributed by atoms with Crippen LogP contribution in [0.1, 0.15) is 12.8 Å². The van der Waals surface area contributed by atoms with Crippen molar-refractivity contribution in [2.75, 3.05) is 24.7 Å². The summed E-state index contributed by atoms with van der Waals surface area (Å²) in [5.74, 6) is -0.463. The van der Waals surface area contributed by atoms with E-state index in [1.54, 1.807) is 24.3 Å². The van der Waals surface area contributed by atoms with Crippen LogP contribution in [0, 0.1) is 44.5 Å². The van der Waals surface area contributed by atoms with E-state index in [1.165, 1.54) is 10.6 Å². The summed E-state index contributed by atoms with van der Waals surface area (Å²) in [5, 5.41) is 3.39. The second-order valence-electron chi connectivity index (χ2n) is 4.96. The summed E-state index contributed by atoms with van der Waals surface area (Å²) in [4.78, 5) is 12.2. The predicted molar refractivity (Wildman–Crippen MR) is 85.6 cm³/mol. The Kier molecular flexibility index (Phi) is 9.26. The molecular formula is C14H20ClN2O3SU-. The molecule has 1 saturated heterocycles. The van der Waals surface area contributed by atoms with Crippen molar-refractivity contribution in [3.63, 3.8) is 0 Å². The van der Waals surface area contributed by atoms with Crippen molar-refractivity contribution in [2.24, 2.45) is 5.92 Å². The van der Waals surface area contributed by atoms with Gasteiger partial charge in [-0.25, -0.2) is 12.7 Å². The maximum Gasteiger partial charge on any atom is 0.228 e. The van der Waals surface area contributed by atoms with Crippen molar-refractivity contribution in [3.05, 3.63) is 36.7 Å². The second kappa shape index (κ2) is 9.29. The molecule has 2 rings (SSSR count). The van der Waals surface area contributed by atoms with Gasteiger partial charge in [-0.1, -0.05) is 11.6 Å². The van der Waals surface area contributed by atoms with Gasteiger partial charge in [0.2, 0.25) is 15.9 Å². The van der Waals surface area contributed by atoms with Crippen LogP contribution in [0.2, 0.25) is 5.02 Å². The first-order valence-electron chi connectivity index (χ1n) is 6.38. The SMILES string of the molecule is CS(=O)(=O)N1CCCC(C(=O)Nc2ccc(Cl)cc2)C1.[CH3-].[U]. The number of rotatable bonds is 3. The largest absolute Gasteiger partial charge is 0.358 e. The van der Waals surface area contributed by atoms with Gasteiger partial charge < -0.3 is 12.7 Å². The van der Waals surface area contributed by atoms with Crippen LogP contribution in [0.5, 0.6) is 0 Å². The van der Waals surface area contributed by atoms with Crippen molar-refractivity contribution in [3.8, 4) is 0 Å². The van der Waals surface area contributed by atoms with Crippen molar-refractivity contribution >= 4 is 33.2 Å². The molecule has 1 heterocycles. The number of nitrogens with one attached hydrogen (secondary N) is 1. The van der Waals surface area contributed by atoms with E-state index in [2.05, 4.69) is 5.32 Å². The van der Waals surface area contributed by atoms with Gasteiger partial charge in [0.1, 0.15) is 0 Å². The number of carbonyl (C=O) groups excluding carboxylic acids is 1. The molecule has 22 heavy (non-hydrogen) atoms. The summed E-state index contributed by atoms with van der Waals surface area (Å²) in [6.45, 7) is 0.738. The van der Waals surface area contributed by atoms with Gasteiger partial charge in [-0.05, 0) is 37.1 Å². The molecule has 1 unspecified atom stereocenters. The molecule has 0 spiro atoms. The minimum absolute atomic E-state index is 0. The Labute approximate surface area is 161 Å². The van der Waals surface area contributed by atoms with Crippen molar-refractivity contribution in [1.29, 1.82) is 0 Å². The fourth-order valence-electron chi connectivity index (χ4n) is 2.24. The van der Waals surface area contributed by atoms with Crippen LogP contribution < -0.4 is 5.32 Å². The van der Waals surface area contributed by atoms with Crippen molar-refractivity contribution < 1.29 is 44.3 Å². The molecule has 1 atom stereocenters. The summed E-state index contributed by atoms with van der Waals surface area (Å²) in [6.07, 6.45) is 2.57. The zero-order valence-electron chi connectivity index (χ0n) is 12.7. The Morgan fingerprint density at radius 3 is 2.45 bits per heavy atom. The number of carbonyl (C=O) groups is 1. The number of anilines is 1. The molecule has 1 aromatic carbocycles. The van der Waals surface area contributed by atoms with E-state index >= 15 is 0 Å². The van der Waals surface area contributed by atoms with E-state index < -0.39 is 10.0 Å². The molecule has 122 valence electrons. The molecule has 0 aromatic heterocycles. The van der Waals surface area contributed by atoms with E-state index in [9.17, 15) is 13.2 Å². The number of hydrogen-bond donors (Lipinski definition) is 1. The van der Waals surface area contributed by atoms with Gasteiger partial charge in [0.05, 0.1) is 12.2 Å². The van der Waals surface area contributed by atoms with Crippen LogP contribution in [0.25, 0.3) is 0 Å². The van der Waals surface area contributed by atoms with Gasteiger partial charge in [0, 0.05) is 54.9 Å². The number of hydrogen-bond acceptors (Lipinski definition) is 3. The van der Waals surface area contributed by atoms with Crippen molar-refractivity contribution in [1.82, 2.24) is 4.31 Å². The van der Waals surface area contributed by atoms with Gasteiger partial charge in [0.15, 0.2) is 0 Å². The van der Waals surface area contributed by atoms with Gasteiger partial charge >= 0.3 is 0 Å². The Balaban J connectivity index is 0.00000220. The predicted octanol–water partition coefficient (Wildman–Crippen LogP) is 2.40. The fraction of sp³-hybridized carbons (Fsp3) is 0.429. The smallest absolute Gasteiger partial charge is 0.228 e. The molecule has 1 aliphatic heterocycles. The minimum atomic E-state index is -3.23. The number of sulfonamides is 1. The third-order valence-corrected chi connectivity index (χ3v) is 4.86. The zero-order chi connectivity index (χ0) is 14.8. The topological polar surface area (TPSA) is 66.5 Å². The summed E-state index contributed by atoms with van der Waals surface area (Å²) in [5.41, 5.74) is 0.663. The Hall–Kier alpha value is -0.0581. The standard InChI is InChI=1S/C13H17ClN2O3S.CH3.U/c1-20(18,19)16-8-2-3-10(9-16)13(17)15-12-6-4-11(14)5-7-12;;/h4-7,10H,2-3,8-9H2,1H3,(H,15,17);1H3;/q;-1;. The van der Waals surface area contributed by atoms with Gasteiger partial charge in [-0.15, -0.1) is 0 Å². The van der Waals surface area contributed by atoms with Gasteiger partial charge in [-0.2, -0.15) is 0 Å². The van der Waals surface area contributed by atoms with E-state index in [0.717, 1.165) is 0 Å². The van der Waals surface area contributed by atoms with Crippen LogP contribution in [0.4, 0.5) is 5.69 Å². The second-order valence-corrected chi connectivity index (χ2v) is 7.38. The molecule has 8 heteroatoms. The summed E-state index contributed by atoms with van der Waals surface area (Å²) in [6, 6.07) is 6.83. The molecule has 0 saturated carbocycles. The fourth-order valence-corrected chi connectivity index (χ4v) is 3.27. The van der Waals surface area contributed by atoms with Crippen LogP contribution in [-0.4, -0.2) is 38.0 Å². The third kappa shape index (κ3) is 6.21. The molecule has 1 aromatic rings. The molecule has 5 nitrogen and oxygen atoms in total. The average Bonchev–Trinajstić information content (AvgIpc) is 2.40. The maximum atomic E-state index is 12.2. The zero-order valence-corrected chi connectivity index (χ0v) is 18.4. The van der Waals surface area contributed by atoms with Crippen LogP contribution in [-0.2, 0) is 14.8 Å². The van der Waals surface area contributed by atoms with Gasteiger partial charge in [-0.3, -0.25) is 4.79 Å². The molecule has 0 aliphatic carbocycles. The van der Waals surface area contributed by atoms with E-state index in [-0.39, 0.29) is 56.9 Å². The maximum absolute atomic E-state index is 12.2. The number of benzene rings is 1. The van der Waals surface area contributed by atoms with E-state index in [1.807, 2.05) is 0 Å². The number of halogens is 1. The summed E-state index contributed by atoms with van der Waals surface area (Å²) < 4.78 is 24.4. The quantitative estimate of drug-likeness (QED) is 0.569. The van der Waals surface area contributed by atoms with E-state index in [4.69, 9.17) is 11.6 Å². The monoisotopic (exact) mass is 569 g/mol. The van der Waals surface area contributed by atoms with E-state index in [0.29, 0.717) is 30.1 Å². The molecule has 1 amide bonds. The summed E-state index contributed by atoms with van der Waals surface area (Å²) in [7, 11) is -3.23. The molecule has 1 fully saturated rings. The Morgan fingerprint density at radius 2 is 1.91 bits per heavy atom. The molecule has 1 aliphatic rings.